The predicted octanol–water partition coefficient (Wildman–Crippen LogP) is 1.93. The average Bonchev–Trinajstić information content (AvgIpc) is 2.28. The van der Waals surface area contributed by atoms with E-state index in [1.165, 1.54) is 0 Å². The predicted molar refractivity (Wildman–Crippen MR) is 48.3 cm³/mol. The second-order valence-corrected chi connectivity index (χ2v) is 3.12. The molecule has 3 nitrogen and oxygen atoms in total. The van der Waals surface area contributed by atoms with Gasteiger partial charge in [-0.05, 0) is 6.92 Å². The van der Waals surface area contributed by atoms with E-state index in [1.807, 2.05) is 20.0 Å². The van der Waals surface area contributed by atoms with Crippen molar-refractivity contribution in [3.63, 3.8) is 0 Å². The third kappa shape index (κ3) is 0.975. The van der Waals surface area contributed by atoms with Crippen LogP contribution in [0.5, 0.6) is 0 Å². The molecule has 2 rings (SSSR count). The summed E-state index contributed by atoms with van der Waals surface area (Å²) in [5.74, 6) is 0. The smallest absolute Gasteiger partial charge is 0.131 e. The first-order chi connectivity index (χ1) is 5.68. The highest BCUT2D eigenvalue weighted by Crippen LogP contribution is 2.18. The summed E-state index contributed by atoms with van der Waals surface area (Å²) in [5, 5.41) is 5.81. The SMILES string of the molecule is Cc1nn(C)c2cc(Cl)ncc12. The van der Waals surface area contributed by atoms with Crippen LogP contribution in [-0.2, 0) is 7.05 Å². The molecule has 0 saturated carbocycles. The minimum atomic E-state index is 0.505. The van der Waals surface area contributed by atoms with Crippen LogP contribution in [0.3, 0.4) is 0 Å². The molecule has 0 aliphatic rings. The lowest BCUT2D eigenvalue weighted by Crippen LogP contribution is -1.89. The number of hydrogen-bond acceptors (Lipinski definition) is 2. The van der Waals surface area contributed by atoms with Crippen LogP contribution in [-0.4, -0.2) is 14.8 Å². The van der Waals surface area contributed by atoms with Crippen molar-refractivity contribution in [1.29, 1.82) is 0 Å². The van der Waals surface area contributed by atoms with E-state index < -0.39 is 0 Å². The highest BCUT2D eigenvalue weighted by Gasteiger charge is 2.04. The molecule has 4 heteroatoms. The van der Waals surface area contributed by atoms with Crippen LogP contribution in [0, 0.1) is 6.92 Å². The van der Waals surface area contributed by atoms with Gasteiger partial charge in [0.25, 0.3) is 0 Å². The third-order valence-corrected chi connectivity index (χ3v) is 2.09. The van der Waals surface area contributed by atoms with Gasteiger partial charge in [-0.15, -0.1) is 0 Å². The fourth-order valence-corrected chi connectivity index (χ4v) is 1.45. The van der Waals surface area contributed by atoms with Gasteiger partial charge in [-0.2, -0.15) is 5.10 Å². The number of pyridine rings is 1. The molecule has 0 spiro atoms. The van der Waals surface area contributed by atoms with Crippen LogP contribution in [0.1, 0.15) is 5.69 Å². The summed E-state index contributed by atoms with van der Waals surface area (Å²) in [4.78, 5) is 3.99. The van der Waals surface area contributed by atoms with Gasteiger partial charge in [0.2, 0.25) is 0 Å². The maximum absolute atomic E-state index is 5.75. The van der Waals surface area contributed by atoms with Crippen molar-refractivity contribution in [3.8, 4) is 0 Å². The van der Waals surface area contributed by atoms with Gasteiger partial charge in [-0.3, -0.25) is 4.68 Å². The lowest BCUT2D eigenvalue weighted by atomic mass is 10.3. The molecule has 0 aliphatic carbocycles. The summed E-state index contributed by atoms with van der Waals surface area (Å²) < 4.78 is 1.80. The van der Waals surface area contributed by atoms with Crippen LogP contribution in [0.25, 0.3) is 10.9 Å². The van der Waals surface area contributed by atoms with Crippen molar-refractivity contribution >= 4 is 22.5 Å². The van der Waals surface area contributed by atoms with Crippen LogP contribution in [0.2, 0.25) is 5.15 Å². The number of aryl methyl sites for hydroxylation is 2. The van der Waals surface area contributed by atoms with Crippen molar-refractivity contribution in [3.05, 3.63) is 23.1 Å². The Morgan fingerprint density at radius 3 is 3.00 bits per heavy atom. The van der Waals surface area contributed by atoms with Gasteiger partial charge in [0.15, 0.2) is 0 Å². The molecule has 0 saturated heterocycles. The topological polar surface area (TPSA) is 30.7 Å². The Morgan fingerprint density at radius 2 is 2.25 bits per heavy atom. The molecule has 0 radical (unpaired) electrons. The van der Waals surface area contributed by atoms with Gasteiger partial charge >= 0.3 is 0 Å². The van der Waals surface area contributed by atoms with Crippen LogP contribution in [0.4, 0.5) is 0 Å². The second-order valence-electron chi connectivity index (χ2n) is 2.73. The molecular formula is C8H8ClN3. The van der Waals surface area contributed by atoms with Gasteiger partial charge in [0, 0.05) is 24.7 Å². The molecule has 2 aromatic heterocycles. The number of hydrogen-bond donors (Lipinski definition) is 0. The van der Waals surface area contributed by atoms with E-state index in [-0.39, 0.29) is 0 Å². The Kier molecular flexibility index (Phi) is 1.54. The van der Waals surface area contributed by atoms with Crippen LogP contribution < -0.4 is 0 Å². The van der Waals surface area contributed by atoms with E-state index in [2.05, 4.69) is 10.1 Å². The Bertz CT molecular complexity index is 433. The molecule has 2 aromatic rings. The molecule has 0 aliphatic heterocycles. The molecule has 0 atom stereocenters. The lowest BCUT2D eigenvalue weighted by Gasteiger charge is -1.92. The molecular weight excluding hydrogens is 174 g/mol. The highest BCUT2D eigenvalue weighted by atomic mass is 35.5. The summed E-state index contributed by atoms with van der Waals surface area (Å²) in [7, 11) is 1.89. The zero-order chi connectivity index (χ0) is 8.72. The summed E-state index contributed by atoms with van der Waals surface area (Å²) in [6.07, 6.45) is 1.75. The summed E-state index contributed by atoms with van der Waals surface area (Å²) >= 11 is 5.75. The third-order valence-electron chi connectivity index (χ3n) is 1.89. The number of aromatic nitrogens is 3. The van der Waals surface area contributed by atoms with Crippen molar-refractivity contribution in [2.75, 3.05) is 0 Å². The molecule has 12 heavy (non-hydrogen) atoms. The standard InChI is InChI=1S/C8H8ClN3/c1-5-6-4-10-8(9)3-7(6)12(2)11-5/h3-4H,1-2H3. The molecule has 0 bridgehead atoms. The van der Waals surface area contributed by atoms with E-state index in [9.17, 15) is 0 Å². The van der Waals surface area contributed by atoms with Gasteiger partial charge in [0.1, 0.15) is 5.15 Å². The zero-order valence-electron chi connectivity index (χ0n) is 6.87. The van der Waals surface area contributed by atoms with Crippen molar-refractivity contribution in [2.45, 2.75) is 6.92 Å². The molecule has 0 aromatic carbocycles. The molecule has 0 unspecified atom stereocenters. The van der Waals surface area contributed by atoms with Crippen molar-refractivity contribution in [1.82, 2.24) is 14.8 Å². The van der Waals surface area contributed by atoms with Crippen LogP contribution >= 0.6 is 11.6 Å². The summed E-state index contributed by atoms with van der Waals surface area (Å²) in [6.45, 7) is 1.96. The molecule has 0 fully saturated rings. The lowest BCUT2D eigenvalue weighted by molar-refractivity contribution is 0.783. The van der Waals surface area contributed by atoms with E-state index >= 15 is 0 Å². The largest absolute Gasteiger partial charge is 0.267 e. The maximum Gasteiger partial charge on any atom is 0.131 e. The summed E-state index contributed by atoms with van der Waals surface area (Å²) in [5.41, 5.74) is 2.00. The first kappa shape index (κ1) is 7.55. The Balaban J connectivity index is 2.90. The molecule has 62 valence electrons. The van der Waals surface area contributed by atoms with E-state index in [4.69, 9.17) is 11.6 Å². The zero-order valence-corrected chi connectivity index (χ0v) is 7.63. The van der Waals surface area contributed by atoms with Gasteiger partial charge in [-0.1, -0.05) is 11.6 Å². The summed E-state index contributed by atoms with van der Waals surface area (Å²) in [6, 6.07) is 1.82. The average molecular weight is 182 g/mol. The van der Waals surface area contributed by atoms with Gasteiger partial charge in [-0.25, -0.2) is 4.98 Å². The van der Waals surface area contributed by atoms with Gasteiger partial charge in [0.05, 0.1) is 11.2 Å². The molecule has 0 amide bonds. The van der Waals surface area contributed by atoms with E-state index in [0.29, 0.717) is 5.15 Å². The number of nitrogens with zero attached hydrogens (tertiary/aromatic N) is 3. The fourth-order valence-electron chi connectivity index (χ4n) is 1.30. The second kappa shape index (κ2) is 2.45. The normalized spacial score (nSPS) is 10.9. The highest BCUT2D eigenvalue weighted by molar-refractivity contribution is 6.30. The Morgan fingerprint density at radius 1 is 1.50 bits per heavy atom. The van der Waals surface area contributed by atoms with Crippen molar-refractivity contribution in [2.24, 2.45) is 7.05 Å². The number of fused-ring (bicyclic) bond motifs is 1. The Hall–Kier alpha value is -1.09. The quantitative estimate of drug-likeness (QED) is 0.582. The van der Waals surface area contributed by atoms with Gasteiger partial charge < -0.3 is 0 Å². The Labute approximate surface area is 75.0 Å². The fraction of sp³-hybridized carbons (Fsp3) is 0.250. The monoisotopic (exact) mass is 181 g/mol. The number of rotatable bonds is 0. The number of halogens is 1. The first-order valence-electron chi connectivity index (χ1n) is 3.63. The van der Waals surface area contributed by atoms with Crippen molar-refractivity contribution < 1.29 is 0 Å². The maximum atomic E-state index is 5.75. The van der Waals surface area contributed by atoms with E-state index in [1.54, 1.807) is 10.9 Å². The molecule has 0 N–H and O–H groups in total. The molecule has 2 heterocycles. The van der Waals surface area contributed by atoms with E-state index in [0.717, 1.165) is 16.6 Å². The van der Waals surface area contributed by atoms with Crippen LogP contribution in [0.15, 0.2) is 12.3 Å². The minimum absolute atomic E-state index is 0.505. The minimum Gasteiger partial charge on any atom is -0.267 e. The first-order valence-corrected chi connectivity index (χ1v) is 4.01.